The number of benzene rings is 2. The van der Waals surface area contributed by atoms with Crippen LogP contribution in [0.3, 0.4) is 0 Å². The Balaban J connectivity index is 1.73. The Morgan fingerprint density at radius 1 is 1.23 bits per heavy atom. The number of para-hydroxylation sites is 1. The molecule has 0 atom stereocenters. The van der Waals surface area contributed by atoms with Crippen molar-refractivity contribution in [3.63, 3.8) is 0 Å². The molecule has 4 rings (SSSR count). The van der Waals surface area contributed by atoms with Crippen molar-refractivity contribution in [1.82, 2.24) is 4.57 Å². The number of hydrogen-bond donors (Lipinski definition) is 0. The predicted octanol–water partition coefficient (Wildman–Crippen LogP) is 4.20. The van der Waals surface area contributed by atoms with Crippen LogP contribution in [0.15, 0.2) is 54.4 Å². The second-order valence-corrected chi connectivity index (χ2v) is 6.08. The van der Waals surface area contributed by atoms with Gasteiger partial charge in [0, 0.05) is 42.2 Å². The van der Waals surface area contributed by atoms with Crippen molar-refractivity contribution >= 4 is 28.7 Å². The highest BCUT2D eigenvalue weighted by Gasteiger charge is 2.28. The van der Waals surface area contributed by atoms with Crippen molar-refractivity contribution in [3.8, 4) is 11.5 Å². The number of rotatable bonds is 3. The molecule has 5 nitrogen and oxygen atoms in total. The average Bonchev–Trinajstić information content (AvgIpc) is 3.13. The number of fused-ring (bicyclic) bond motifs is 2. The molecule has 0 amide bonds. The lowest BCUT2D eigenvalue weighted by molar-refractivity contribution is -0.131. The molecule has 3 aromatic rings. The van der Waals surface area contributed by atoms with Crippen molar-refractivity contribution < 1.29 is 19.1 Å². The van der Waals surface area contributed by atoms with E-state index in [0.717, 1.165) is 23.0 Å². The van der Waals surface area contributed by atoms with Crippen LogP contribution in [0.25, 0.3) is 17.0 Å². The summed E-state index contributed by atoms with van der Waals surface area (Å²) in [4.78, 5) is 23.7. The van der Waals surface area contributed by atoms with E-state index in [1.807, 2.05) is 24.4 Å². The van der Waals surface area contributed by atoms with E-state index in [0.29, 0.717) is 17.1 Å². The van der Waals surface area contributed by atoms with Gasteiger partial charge in [-0.15, -0.1) is 0 Å². The number of hydrogen-bond acceptors (Lipinski definition) is 4. The summed E-state index contributed by atoms with van der Waals surface area (Å²) in [5, 5.41) is 1.06. The molecule has 0 spiro atoms. The number of esters is 1. The third-order valence-corrected chi connectivity index (χ3v) is 4.35. The van der Waals surface area contributed by atoms with Gasteiger partial charge >= 0.3 is 5.97 Å². The van der Waals surface area contributed by atoms with Crippen molar-refractivity contribution in [2.24, 2.45) is 0 Å². The molecule has 26 heavy (non-hydrogen) atoms. The van der Waals surface area contributed by atoms with Crippen molar-refractivity contribution in [2.75, 3.05) is 0 Å². The van der Waals surface area contributed by atoms with Crippen LogP contribution in [0.1, 0.15) is 29.8 Å². The first-order chi connectivity index (χ1) is 12.6. The predicted molar refractivity (Wildman–Crippen MR) is 98.3 cm³/mol. The van der Waals surface area contributed by atoms with Gasteiger partial charge in [-0.1, -0.05) is 18.2 Å². The summed E-state index contributed by atoms with van der Waals surface area (Å²) >= 11 is 0. The number of nitrogens with zero attached hydrogens (tertiary/aromatic N) is 1. The second-order valence-electron chi connectivity index (χ2n) is 6.08. The average molecular weight is 347 g/mol. The Hall–Kier alpha value is -3.34. The minimum atomic E-state index is -0.419. The van der Waals surface area contributed by atoms with Gasteiger partial charge in [0.1, 0.15) is 11.5 Å². The van der Waals surface area contributed by atoms with Gasteiger partial charge in [-0.2, -0.15) is 0 Å². The van der Waals surface area contributed by atoms with Gasteiger partial charge in [0.05, 0.1) is 5.56 Å². The van der Waals surface area contributed by atoms with Crippen molar-refractivity contribution in [2.45, 2.75) is 20.4 Å². The van der Waals surface area contributed by atoms with Gasteiger partial charge in [-0.3, -0.25) is 9.59 Å². The lowest BCUT2D eigenvalue weighted by atomic mass is 10.1. The fourth-order valence-electron chi connectivity index (χ4n) is 3.19. The van der Waals surface area contributed by atoms with Crippen LogP contribution in [0, 0.1) is 0 Å². The van der Waals surface area contributed by atoms with E-state index >= 15 is 0 Å². The summed E-state index contributed by atoms with van der Waals surface area (Å²) in [6, 6.07) is 12.8. The van der Waals surface area contributed by atoms with Gasteiger partial charge in [-0.05, 0) is 31.2 Å². The van der Waals surface area contributed by atoms with Gasteiger partial charge in [0.25, 0.3) is 0 Å². The molecule has 2 heterocycles. The highest BCUT2D eigenvalue weighted by atomic mass is 16.5. The molecule has 0 bridgehead atoms. The Morgan fingerprint density at radius 3 is 2.81 bits per heavy atom. The van der Waals surface area contributed by atoms with E-state index in [9.17, 15) is 9.59 Å². The van der Waals surface area contributed by atoms with Gasteiger partial charge in [-0.25, -0.2) is 0 Å². The zero-order valence-electron chi connectivity index (χ0n) is 14.5. The van der Waals surface area contributed by atoms with Crippen LogP contribution in [0.5, 0.6) is 11.5 Å². The van der Waals surface area contributed by atoms with E-state index < -0.39 is 5.97 Å². The van der Waals surface area contributed by atoms with Gasteiger partial charge < -0.3 is 14.0 Å². The standard InChI is InChI=1S/C21H17NO4/c1-3-22-12-14(16-6-4-5-7-18(16)22)10-20-21(24)17-9-8-15(25-13(2)23)11-19(17)26-20/h4-12H,3H2,1-2H3. The molecule has 0 saturated carbocycles. The highest BCUT2D eigenvalue weighted by Crippen LogP contribution is 2.35. The normalized spacial score (nSPS) is 14.5. The van der Waals surface area contributed by atoms with Crippen LogP contribution in [-0.4, -0.2) is 16.3 Å². The number of aryl methyl sites for hydroxylation is 1. The number of ketones is 1. The SMILES string of the molecule is CCn1cc(C=C2Oc3cc(OC(C)=O)ccc3C2=O)c2ccccc21. The van der Waals surface area contributed by atoms with Gasteiger partial charge in [0.2, 0.25) is 5.78 Å². The molecule has 0 fully saturated rings. The van der Waals surface area contributed by atoms with E-state index in [4.69, 9.17) is 9.47 Å². The van der Waals surface area contributed by atoms with E-state index in [2.05, 4.69) is 17.6 Å². The minimum absolute atomic E-state index is 0.178. The highest BCUT2D eigenvalue weighted by molar-refractivity contribution is 6.15. The molecule has 5 heteroatoms. The first kappa shape index (κ1) is 16.1. The van der Waals surface area contributed by atoms with Crippen LogP contribution in [0.2, 0.25) is 0 Å². The molecule has 0 N–H and O–H groups in total. The molecule has 1 aromatic heterocycles. The Morgan fingerprint density at radius 2 is 2.04 bits per heavy atom. The first-order valence-corrected chi connectivity index (χ1v) is 8.41. The number of carbonyl (C=O) groups excluding carboxylic acids is 2. The summed E-state index contributed by atoms with van der Waals surface area (Å²) in [5.41, 5.74) is 2.51. The summed E-state index contributed by atoms with van der Waals surface area (Å²) < 4.78 is 12.9. The zero-order valence-corrected chi connectivity index (χ0v) is 14.5. The summed E-state index contributed by atoms with van der Waals surface area (Å²) in [5.74, 6) is 0.422. The first-order valence-electron chi connectivity index (χ1n) is 8.41. The van der Waals surface area contributed by atoms with Crippen LogP contribution in [0.4, 0.5) is 0 Å². The number of ether oxygens (including phenoxy) is 2. The largest absolute Gasteiger partial charge is 0.452 e. The number of allylic oxidation sites excluding steroid dienone is 1. The molecule has 0 radical (unpaired) electrons. The van der Waals surface area contributed by atoms with Crippen molar-refractivity contribution in [1.29, 1.82) is 0 Å². The smallest absolute Gasteiger partial charge is 0.308 e. The Kier molecular flexibility index (Phi) is 3.84. The Labute approximate surface area is 150 Å². The zero-order chi connectivity index (χ0) is 18.3. The van der Waals surface area contributed by atoms with E-state index in [1.165, 1.54) is 6.92 Å². The molecule has 0 aliphatic carbocycles. The maximum atomic E-state index is 12.6. The van der Waals surface area contributed by atoms with Gasteiger partial charge in [0.15, 0.2) is 5.76 Å². The summed E-state index contributed by atoms with van der Waals surface area (Å²) in [7, 11) is 0. The maximum absolute atomic E-state index is 12.6. The molecule has 0 saturated heterocycles. The monoisotopic (exact) mass is 347 g/mol. The topological polar surface area (TPSA) is 57.5 Å². The van der Waals surface area contributed by atoms with E-state index in [1.54, 1.807) is 24.3 Å². The maximum Gasteiger partial charge on any atom is 0.308 e. The fraction of sp³-hybridized carbons (Fsp3) is 0.143. The molecule has 0 unspecified atom stereocenters. The molecule has 130 valence electrons. The fourth-order valence-corrected chi connectivity index (χ4v) is 3.19. The summed E-state index contributed by atoms with van der Waals surface area (Å²) in [6.45, 7) is 4.24. The third-order valence-electron chi connectivity index (χ3n) is 4.35. The lowest BCUT2D eigenvalue weighted by Gasteiger charge is -2.02. The Bertz CT molecular complexity index is 1070. The third kappa shape index (κ3) is 2.67. The van der Waals surface area contributed by atoms with Crippen LogP contribution < -0.4 is 9.47 Å². The van der Waals surface area contributed by atoms with Crippen molar-refractivity contribution in [3.05, 3.63) is 65.5 Å². The van der Waals surface area contributed by atoms with Crippen LogP contribution in [-0.2, 0) is 11.3 Å². The number of Topliss-reactive ketones (excluding diaryl/α,β-unsaturated/α-hetero) is 1. The lowest BCUT2D eigenvalue weighted by Crippen LogP contribution is -2.01. The molecule has 2 aromatic carbocycles. The minimum Gasteiger partial charge on any atom is -0.452 e. The number of carbonyl (C=O) groups is 2. The van der Waals surface area contributed by atoms with Crippen LogP contribution >= 0.6 is 0 Å². The summed E-state index contributed by atoms with van der Waals surface area (Å²) in [6.07, 6.45) is 3.78. The molecule has 1 aliphatic heterocycles. The second kappa shape index (κ2) is 6.19. The quantitative estimate of drug-likeness (QED) is 0.405. The molecular formula is C21H17NO4. The molecule has 1 aliphatic rings. The molecular weight excluding hydrogens is 330 g/mol. The number of aromatic nitrogens is 1. The van der Waals surface area contributed by atoms with E-state index in [-0.39, 0.29) is 11.5 Å².